The monoisotopic (exact) mass is 343 g/mol. The quantitative estimate of drug-likeness (QED) is 0.646. The Bertz CT molecular complexity index is 533. The molecule has 1 aromatic rings. The third-order valence-corrected chi connectivity index (χ3v) is 5.07. The van der Waals surface area contributed by atoms with E-state index in [1.807, 2.05) is 0 Å². The molecular weight excluding hydrogens is 306 g/mol. The molecule has 2 unspecified atom stereocenters. The normalized spacial score (nSPS) is 20.2. The van der Waals surface area contributed by atoms with Gasteiger partial charge < -0.3 is 5.32 Å². The van der Waals surface area contributed by atoms with Crippen LogP contribution in [-0.2, 0) is 10.2 Å². The first-order valence-corrected chi connectivity index (χ1v) is 9.69. The predicted molar refractivity (Wildman–Crippen MR) is 109 cm³/mol. The van der Waals surface area contributed by atoms with Crippen molar-refractivity contribution in [2.24, 2.45) is 11.8 Å². The van der Waals surface area contributed by atoms with Gasteiger partial charge in [-0.3, -0.25) is 4.79 Å². The highest BCUT2D eigenvalue weighted by atomic mass is 16.1. The topological polar surface area (TPSA) is 29.1 Å². The average Bonchev–Trinajstić information content (AvgIpc) is 2.98. The number of benzene rings is 1. The molecule has 2 heteroatoms. The van der Waals surface area contributed by atoms with E-state index in [0.29, 0.717) is 6.41 Å². The van der Waals surface area contributed by atoms with Gasteiger partial charge in [-0.2, -0.15) is 0 Å². The molecule has 2 nitrogen and oxygen atoms in total. The van der Waals surface area contributed by atoms with Gasteiger partial charge in [0.2, 0.25) is 6.41 Å². The van der Waals surface area contributed by atoms with E-state index in [9.17, 15) is 4.79 Å². The van der Waals surface area contributed by atoms with Crippen molar-refractivity contribution in [1.82, 2.24) is 5.32 Å². The van der Waals surface area contributed by atoms with E-state index >= 15 is 0 Å². The summed E-state index contributed by atoms with van der Waals surface area (Å²) in [4.78, 5) is 9.94. The first-order chi connectivity index (χ1) is 11.8. The molecule has 1 amide bonds. The van der Waals surface area contributed by atoms with Crippen molar-refractivity contribution in [2.75, 3.05) is 0 Å². The zero-order chi connectivity index (χ0) is 18.9. The predicted octanol–water partition coefficient (Wildman–Crippen LogP) is 6.06. The van der Waals surface area contributed by atoms with E-state index in [0.717, 1.165) is 18.3 Å². The molecular formula is C23H37NO. The summed E-state index contributed by atoms with van der Waals surface area (Å²) in [7, 11) is 0. The van der Waals surface area contributed by atoms with Gasteiger partial charge in [0.25, 0.3) is 0 Å². The summed E-state index contributed by atoms with van der Waals surface area (Å²) in [6, 6.07) is 6.76. The van der Waals surface area contributed by atoms with Crippen LogP contribution < -0.4 is 5.32 Å². The number of amides is 1. The van der Waals surface area contributed by atoms with Gasteiger partial charge >= 0.3 is 0 Å². The summed E-state index contributed by atoms with van der Waals surface area (Å²) in [5.74, 6) is 1.81. The summed E-state index contributed by atoms with van der Waals surface area (Å²) in [5.41, 5.74) is 4.43. The second-order valence-electron chi connectivity index (χ2n) is 8.50. The molecule has 0 spiro atoms. The summed E-state index contributed by atoms with van der Waals surface area (Å²) in [5, 5.41) is 2.54. The lowest BCUT2D eigenvalue weighted by Crippen LogP contribution is -2.11. The third-order valence-electron chi connectivity index (χ3n) is 5.07. The van der Waals surface area contributed by atoms with Crippen LogP contribution in [0.5, 0.6) is 0 Å². The lowest BCUT2D eigenvalue weighted by molar-refractivity contribution is -0.108. The molecule has 0 radical (unpaired) electrons. The van der Waals surface area contributed by atoms with Crippen LogP contribution in [0.25, 0.3) is 0 Å². The van der Waals surface area contributed by atoms with E-state index in [1.54, 1.807) is 6.20 Å². The van der Waals surface area contributed by atoms with Crippen molar-refractivity contribution in [3.63, 3.8) is 0 Å². The fourth-order valence-corrected chi connectivity index (χ4v) is 3.54. The van der Waals surface area contributed by atoms with Crippen LogP contribution in [0.3, 0.4) is 0 Å². The maximum atomic E-state index is 9.94. The smallest absolute Gasteiger partial charge is 0.211 e. The van der Waals surface area contributed by atoms with Crippen molar-refractivity contribution < 1.29 is 4.79 Å². The molecule has 0 aromatic heterocycles. The van der Waals surface area contributed by atoms with Gasteiger partial charge in [0.1, 0.15) is 0 Å². The Morgan fingerprint density at radius 1 is 1.08 bits per heavy atom. The Balaban J connectivity index is 0.000000251. The average molecular weight is 344 g/mol. The Kier molecular flexibility index (Phi) is 8.96. The van der Waals surface area contributed by atoms with E-state index < -0.39 is 0 Å². The van der Waals surface area contributed by atoms with Crippen LogP contribution in [0.4, 0.5) is 0 Å². The second kappa shape index (κ2) is 10.4. The molecule has 0 heterocycles. The van der Waals surface area contributed by atoms with Crippen LogP contribution in [0.2, 0.25) is 0 Å². The summed E-state index contributed by atoms with van der Waals surface area (Å²) in [6.45, 7) is 13.3. The second-order valence-corrected chi connectivity index (χ2v) is 8.50. The van der Waals surface area contributed by atoms with Crippen molar-refractivity contribution >= 4 is 6.41 Å². The highest BCUT2D eigenvalue weighted by Crippen LogP contribution is 2.34. The van der Waals surface area contributed by atoms with Gasteiger partial charge in [-0.1, -0.05) is 75.9 Å². The lowest BCUT2D eigenvalue weighted by atomic mass is 9.85. The van der Waals surface area contributed by atoms with Crippen molar-refractivity contribution in [3.8, 4) is 0 Å². The zero-order valence-corrected chi connectivity index (χ0v) is 17.1. The van der Waals surface area contributed by atoms with E-state index in [1.165, 1.54) is 42.4 Å². The Labute approximate surface area is 155 Å². The highest BCUT2D eigenvalue weighted by Gasteiger charge is 2.21. The number of aryl methyl sites for hydroxylation is 2. The molecule has 0 saturated heterocycles. The Morgan fingerprint density at radius 3 is 2.16 bits per heavy atom. The molecule has 1 aliphatic carbocycles. The molecule has 2 rings (SSSR count). The van der Waals surface area contributed by atoms with E-state index in [2.05, 4.69) is 71.1 Å². The lowest BCUT2D eigenvalue weighted by Gasteiger charge is -2.20. The standard InChI is InChI=1S/C12H18.C11H19NO/c1-9-6-10(2)8-11(7-9)12(3,4)5;1-2-10-5-6-11(8-10)4-3-7-12-9-13/h6-8H,1-5H3;3,7,9-11H,2,4-6,8H2,1H3,(H,12,13)/b;7-3-. The molecule has 1 saturated carbocycles. The summed E-state index contributed by atoms with van der Waals surface area (Å²) < 4.78 is 0. The number of rotatable bonds is 5. The van der Waals surface area contributed by atoms with Gasteiger partial charge in [-0.25, -0.2) is 0 Å². The molecule has 0 bridgehead atoms. The number of hydrogen-bond acceptors (Lipinski definition) is 1. The summed E-state index contributed by atoms with van der Waals surface area (Å²) in [6.07, 6.45) is 11.1. The number of carbonyl (C=O) groups excluding carboxylic acids is 1. The van der Waals surface area contributed by atoms with E-state index in [4.69, 9.17) is 0 Å². The number of nitrogens with one attached hydrogen (secondary N) is 1. The molecule has 1 fully saturated rings. The van der Waals surface area contributed by atoms with Crippen LogP contribution in [0.1, 0.15) is 76.5 Å². The number of hydrogen-bond donors (Lipinski definition) is 1. The molecule has 1 aliphatic rings. The highest BCUT2D eigenvalue weighted by molar-refractivity contribution is 5.47. The molecule has 2 atom stereocenters. The van der Waals surface area contributed by atoms with Gasteiger partial charge in [0, 0.05) is 0 Å². The van der Waals surface area contributed by atoms with Gasteiger partial charge in [0.15, 0.2) is 0 Å². The van der Waals surface area contributed by atoms with Gasteiger partial charge in [-0.05, 0) is 62.1 Å². The van der Waals surface area contributed by atoms with Crippen molar-refractivity contribution in [2.45, 2.75) is 79.1 Å². The third kappa shape index (κ3) is 8.38. The Morgan fingerprint density at radius 2 is 1.68 bits per heavy atom. The minimum absolute atomic E-state index is 0.275. The first-order valence-electron chi connectivity index (χ1n) is 9.69. The minimum Gasteiger partial charge on any atom is -0.336 e. The zero-order valence-electron chi connectivity index (χ0n) is 17.1. The molecule has 25 heavy (non-hydrogen) atoms. The largest absolute Gasteiger partial charge is 0.336 e. The molecule has 1 aromatic carbocycles. The van der Waals surface area contributed by atoms with Crippen LogP contribution in [0, 0.1) is 25.7 Å². The van der Waals surface area contributed by atoms with Crippen molar-refractivity contribution in [3.05, 3.63) is 47.2 Å². The maximum absolute atomic E-state index is 9.94. The number of carbonyl (C=O) groups is 1. The fraction of sp³-hybridized carbons (Fsp3) is 0.609. The van der Waals surface area contributed by atoms with Gasteiger partial charge in [-0.15, -0.1) is 0 Å². The van der Waals surface area contributed by atoms with E-state index in [-0.39, 0.29) is 5.41 Å². The van der Waals surface area contributed by atoms with Gasteiger partial charge in [0.05, 0.1) is 0 Å². The summed E-state index contributed by atoms with van der Waals surface area (Å²) >= 11 is 0. The fourth-order valence-electron chi connectivity index (χ4n) is 3.54. The van der Waals surface area contributed by atoms with Crippen LogP contribution in [0.15, 0.2) is 30.5 Å². The minimum atomic E-state index is 0.275. The SMILES string of the molecule is CCC1CCC(C/C=C\NC=O)C1.Cc1cc(C)cc(C(C)(C)C)c1. The molecule has 140 valence electrons. The van der Waals surface area contributed by atoms with Crippen LogP contribution >= 0.6 is 0 Å². The van der Waals surface area contributed by atoms with Crippen LogP contribution in [-0.4, -0.2) is 6.41 Å². The number of allylic oxidation sites excluding steroid dienone is 1. The maximum Gasteiger partial charge on any atom is 0.211 e. The molecule has 0 aliphatic heterocycles. The molecule has 1 N–H and O–H groups in total. The first kappa shape index (κ1) is 21.5. The van der Waals surface area contributed by atoms with Crippen molar-refractivity contribution in [1.29, 1.82) is 0 Å². The Hall–Kier alpha value is -1.57.